The van der Waals surface area contributed by atoms with Crippen molar-refractivity contribution in [2.45, 2.75) is 37.7 Å². The molecule has 3 aromatic rings. The van der Waals surface area contributed by atoms with Crippen molar-refractivity contribution in [3.8, 4) is 11.4 Å². The zero-order chi connectivity index (χ0) is 24.5. The van der Waals surface area contributed by atoms with Gasteiger partial charge in [0.2, 0.25) is 0 Å². The van der Waals surface area contributed by atoms with Gasteiger partial charge in [-0.3, -0.25) is 0 Å². The third kappa shape index (κ3) is 5.19. The highest BCUT2D eigenvalue weighted by atomic mass is 32.2. The summed E-state index contributed by atoms with van der Waals surface area (Å²) in [4.78, 5) is 13.8. The van der Waals surface area contributed by atoms with Gasteiger partial charge in [0.15, 0.2) is 9.84 Å². The Morgan fingerprint density at radius 2 is 1.88 bits per heavy atom. The normalized spacial score (nSPS) is 15.1. The number of benzene rings is 2. The van der Waals surface area contributed by atoms with E-state index in [-0.39, 0.29) is 22.8 Å². The molecule has 1 fully saturated rings. The number of rotatable bonds is 6. The molecule has 1 saturated heterocycles. The average Bonchev–Trinajstić information content (AvgIpc) is 3.22. The molecule has 7 nitrogen and oxygen atoms in total. The number of sulfone groups is 1. The van der Waals surface area contributed by atoms with Crippen LogP contribution >= 0.6 is 0 Å². The number of carbonyl (C=O) groups excluding carboxylic acids is 1. The molecule has 182 valence electrons. The predicted molar refractivity (Wildman–Crippen MR) is 128 cm³/mol. The average molecular weight is 489 g/mol. The second-order valence-corrected chi connectivity index (χ2v) is 11.1. The Bertz CT molecular complexity index is 1290. The van der Waals surface area contributed by atoms with Gasteiger partial charge >= 0.3 is 6.09 Å². The minimum atomic E-state index is -3.49. The first-order chi connectivity index (χ1) is 16.1. The second-order valence-electron chi connectivity index (χ2n) is 9.04. The molecule has 0 N–H and O–H groups in total. The first kappa shape index (κ1) is 24.1. The highest BCUT2D eigenvalue weighted by Crippen LogP contribution is 2.32. The molecule has 0 saturated carbocycles. The van der Waals surface area contributed by atoms with Crippen LogP contribution < -0.4 is 4.74 Å². The number of halogens is 1. The fraction of sp³-hybridized carbons (Fsp3) is 0.400. The van der Waals surface area contributed by atoms with Crippen LogP contribution in [0, 0.1) is 11.7 Å². The summed E-state index contributed by atoms with van der Waals surface area (Å²) in [6.07, 6.45) is 3.84. The number of fused-ring (bicyclic) bond motifs is 1. The third-order valence-electron chi connectivity index (χ3n) is 5.83. The molecule has 2 aromatic carbocycles. The van der Waals surface area contributed by atoms with Crippen LogP contribution in [-0.4, -0.2) is 56.0 Å². The summed E-state index contributed by atoms with van der Waals surface area (Å²) in [5.41, 5.74) is 1.01. The minimum absolute atomic E-state index is 0.0473. The Kier molecular flexibility index (Phi) is 6.84. The molecule has 1 aliphatic heterocycles. The van der Waals surface area contributed by atoms with E-state index in [0.717, 1.165) is 23.2 Å². The van der Waals surface area contributed by atoms with Crippen molar-refractivity contribution >= 4 is 26.8 Å². The molecule has 0 unspecified atom stereocenters. The van der Waals surface area contributed by atoms with E-state index in [1.54, 1.807) is 15.7 Å². The zero-order valence-electron chi connectivity index (χ0n) is 19.5. The minimum Gasteiger partial charge on any atom is -0.490 e. The van der Waals surface area contributed by atoms with Crippen molar-refractivity contribution in [3.05, 3.63) is 54.5 Å². The van der Waals surface area contributed by atoms with Crippen molar-refractivity contribution in [1.82, 2.24) is 9.47 Å². The number of amides is 1. The van der Waals surface area contributed by atoms with E-state index in [4.69, 9.17) is 9.47 Å². The number of aromatic nitrogens is 1. The van der Waals surface area contributed by atoms with E-state index in [0.29, 0.717) is 44.2 Å². The quantitative estimate of drug-likeness (QED) is 0.498. The maximum Gasteiger partial charge on any atom is 0.409 e. The van der Waals surface area contributed by atoms with Gasteiger partial charge in [0.1, 0.15) is 17.7 Å². The maximum absolute atomic E-state index is 14.8. The number of likely N-dealkylation sites (tertiary alicyclic amines) is 1. The Balaban J connectivity index is 1.49. The highest BCUT2D eigenvalue weighted by Gasteiger charge is 2.25. The Morgan fingerprint density at radius 1 is 1.15 bits per heavy atom. The smallest absolute Gasteiger partial charge is 0.409 e. The molecule has 0 bridgehead atoms. The molecule has 1 aromatic heterocycles. The van der Waals surface area contributed by atoms with Gasteiger partial charge in [-0.1, -0.05) is 19.9 Å². The van der Waals surface area contributed by atoms with Crippen LogP contribution in [0.3, 0.4) is 0 Å². The first-order valence-corrected chi connectivity index (χ1v) is 13.2. The summed E-state index contributed by atoms with van der Waals surface area (Å²) in [7, 11) is -3.49. The van der Waals surface area contributed by atoms with E-state index in [1.165, 1.54) is 12.1 Å². The summed E-state index contributed by atoms with van der Waals surface area (Å²) in [6.45, 7) is 5.54. The van der Waals surface area contributed by atoms with Gasteiger partial charge in [0, 0.05) is 43.8 Å². The van der Waals surface area contributed by atoms with Gasteiger partial charge in [-0.2, -0.15) is 0 Å². The summed E-state index contributed by atoms with van der Waals surface area (Å²) in [5.74, 6) is 0.359. The summed E-state index contributed by atoms with van der Waals surface area (Å²) < 4.78 is 51.5. The fourth-order valence-electron chi connectivity index (χ4n) is 4.03. The van der Waals surface area contributed by atoms with Crippen molar-refractivity contribution in [1.29, 1.82) is 0 Å². The fourth-order valence-corrected chi connectivity index (χ4v) is 4.66. The van der Waals surface area contributed by atoms with Crippen LogP contribution in [0.15, 0.2) is 53.6 Å². The molecule has 2 heterocycles. The third-order valence-corrected chi connectivity index (χ3v) is 6.94. The monoisotopic (exact) mass is 488 g/mol. The molecular formula is C25H29FN2O5S. The molecule has 0 atom stereocenters. The Labute approximate surface area is 199 Å². The SMILES string of the molecule is CC(C)COC(=O)N1CCC(Oc2cccc3c2ccn3-c2ccc(S(C)(=O)=O)cc2F)CC1. The lowest BCUT2D eigenvalue weighted by Crippen LogP contribution is -2.42. The van der Waals surface area contributed by atoms with Gasteiger partial charge in [0.25, 0.3) is 0 Å². The number of hydrogen-bond acceptors (Lipinski definition) is 5. The van der Waals surface area contributed by atoms with E-state index in [1.807, 2.05) is 38.1 Å². The van der Waals surface area contributed by atoms with Gasteiger partial charge in [-0.25, -0.2) is 17.6 Å². The molecule has 1 amide bonds. The van der Waals surface area contributed by atoms with Crippen LogP contribution in [0.25, 0.3) is 16.6 Å². The predicted octanol–water partition coefficient (Wildman–Crippen LogP) is 4.81. The molecule has 34 heavy (non-hydrogen) atoms. The number of ether oxygens (including phenoxy) is 2. The highest BCUT2D eigenvalue weighted by molar-refractivity contribution is 7.90. The van der Waals surface area contributed by atoms with Crippen LogP contribution in [-0.2, 0) is 14.6 Å². The van der Waals surface area contributed by atoms with Crippen LogP contribution in [0.4, 0.5) is 9.18 Å². The van der Waals surface area contributed by atoms with E-state index >= 15 is 0 Å². The maximum atomic E-state index is 14.8. The second kappa shape index (κ2) is 9.66. The molecule has 0 aliphatic carbocycles. The molecule has 1 aliphatic rings. The van der Waals surface area contributed by atoms with Crippen molar-refractivity contribution < 1.29 is 27.1 Å². The van der Waals surface area contributed by atoms with E-state index in [2.05, 4.69) is 0 Å². The van der Waals surface area contributed by atoms with Crippen molar-refractivity contribution in [3.63, 3.8) is 0 Å². The number of piperidine rings is 1. The number of carbonyl (C=O) groups is 1. The lowest BCUT2D eigenvalue weighted by Gasteiger charge is -2.31. The van der Waals surface area contributed by atoms with Crippen LogP contribution in [0.2, 0.25) is 0 Å². The lowest BCUT2D eigenvalue weighted by atomic mass is 10.1. The molecule has 0 spiro atoms. The number of hydrogen-bond donors (Lipinski definition) is 0. The van der Waals surface area contributed by atoms with Crippen LogP contribution in [0.1, 0.15) is 26.7 Å². The van der Waals surface area contributed by atoms with E-state index < -0.39 is 15.7 Å². The Morgan fingerprint density at radius 3 is 2.53 bits per heavy atom. The zero-order valence-corrected chi connectivity index (χ0v) is 20.3. The summed E-state index contributed by atoms with van der Waals surface area (Å²) in [5, 5.41) is 0.827. The topological polar surface area (TPSA) is 77.8 Å². The molecule has 0 radical (unpaired) electrons. The van der Waals surface area contributed by atoms with Gasteiger partial charge in [-0.15, -0.1) is 0 Å². The lowest BCUT2D eigenvalue weighted by molar-refractivity contribution is 0.0622. The largest absolute Gasteiger partial charge is 0.490 e. The van der Waals surface area contributed by atoms with Crippen LogP contribution in [0.5, 0.6) is 5.75 Å². The standard InChI is InChI=1S/C25H29FN2O5S/c1-17(2)16-32-25(29)27-12-9-18(10-13-27)33-24-6-4-5-22-20(24)11-14-28(22)23-8-7-19(15-21(23)26)34(3,30)31/h4-8,11,14-15,17-18H,9-10,12-13,16H2,1-3H3. The Hall–Kier alpha value is -3.07. The molecule has 4 rings (SSSR count). The van der Waals surface area contributed by atoms with Crippen molar-refractivity contribution in [2.75, 3.05) is 26.0 Å². The van der Waals surface area contributed by atoms with Gasteiger partial charge < -0.3 is 18.9 Å². The van der Waals surface area contributed by atoms with E-state index in [9.17, 15) is 17.6 Å². The molecule has 9 heteroatoms. The van der Waals surface area contributed by atoms with Gasteiger partial charge in [0.05, 0.1) is 22.7 Å². The molecular weight excluding hydrogens is 459 g/mol. The van der Waals surface area contributed by atoms with Gasteiger partial charge in [-0.05, 0) is 42.3 Å². The van der Waals surface area contributed by atoms with Crippen molar-refractivity contribution in [2.24, 2.45) is 5.92 Å². The summed E-state index contributed by atoms with van der Waals surface area (Å²) in [6, 6.07) is 11.3. The first-order valence-electron chi connectivity index (χ1n) is 11.3. The summed E-state index contributed by atoms with van der Waals surface area (Å²) >= 11 is 0. The number of nitrogens with zero attached hydrogens (tertiary/aromatic N) is 2.